The number of likely N-dealkylation sites (N-methyl/N-ethyl adjacent to an activating group) is 1. The summed E-state index contributed by atoms with van der Waals surface area (Å²) in [7, 11) is 4.13. The van der Waals surface area contributed by atoms with Gasteiger partial charge in [-0.15, -0.1) is 0 Å². The monoisotopic (exact) mass is 258 g/mol. The van der Waals surface area contributed by atoms with Gasteiger partial charge in [-0.05, 0) is 37.7 Å². The van der Waals surface area contributed by atoms with E-state index in [1.165, 1.54) is 11.3 Å². The molecule has 0 spiro atoms. The first-order valence-electron chi connectivity index (χ1n) is 6.60. The summed E-state index contributed by atoms with van der Waals surface area (Å²) in [5.74, 6) is 0. The molecule has 0 aliphatic heterocycles. The highest BCUT2D eigenvalue weighted by atomic mass is 15.3. The molecule has 0 bridgehead atoms. The van der Waals surface area contributed by atoms with Crippen LogP contribution in [0.25, 0.3) is 0 Å². The Kier molecular flexibility index (Phi) is 4.22. The van der Waals surface area contributed by atoms with Gasteiger partial charge in [0, 0.05) is 43.6 Å². The number of aryl methyl sites for hydroxylation is 1. The molecule has 0 amide bonds. The quantitative estimate of drug-likeness (QED) is 0.837. The molecule has 1 aromatic heterocycles. The van der Waals surface area contributed by atoms with E-state index in [1.807, 2.05) is 36.1 Å². The first-order chi connectivity index (χ1) is 9.08. The third-order valence-corrected chi connectivity index (χ3v) is 3.70. The molecule has 0 aliphatic rings. The van der Waals surface area contributed by atoms with Gasteiger partial charge in [0.25, 0.3) is 0 Å². The molecule has 4 heteroatoms. The van der Waals surface area contributed by atoms with Gasteiger partial charge in [0.15, 0.2) is 0 Å². The molecular weight excluding hydrogens is 236 g/mol. The van der Waals surface area contributed by atoms with Crippen molar-refractivity contribution in [3.05, 3.63) is 47.8 Å². The van der Waals surface area contributed by atoms with Crippen LogP contribution in [-0.2, 0) is 13.5 Å². The molecule has 1 unspecified atom stereocenters. The molecule has 2 rings (SSSR count). The minimum atomic E-state index is 0.358. The molecule has 102 valence electrons. The largest absolute Gasteiger partial charge is 0.399 e. The number of nitrogen functional groups attached to an aromatic ring is 1. The maximum atomic E-state index is 5.84. The molecule has 1 atom stereocenters. The maximum absolute atomic E-state index is 5.84. The first-order valence-corrected chi connectivity index (χ1v) is 6.60. The number of anilines is 1. The third-order valence-electron chi connectivity index (χ3n) is 3.70. The van der Waals surface area contributed by atoms with E-state index in [9.17, 15) is 0 Å². The van der Waals surface area contributed by atoms with Gasteiger partial charge in [-0.25, -0.2) is 0 Å². The highest BCUT2D eigenvalue weighted by molar-refractivity contribution is 5.41. The summed E-state index contributed by atoms with van der Waals surface area (Å²) in [4.78, 5) is 2.34. The Balaban J connectivity index is 1.96. The van der Waals surface area contributed by atoms with Crippen molar-refractivity contribution < 1.29 is 0 Å². The van der Waals surface area contributed by atoms with Crippen LogP contribution in [0.3, 0.4) is 0 Å². The Morgan fingerprint density at radius 2 is 2.16 bits per heavy atom. The molecule has 1 heterocycles. The van der Waals surface area contributed by atoms with Crippen molar-refractivity contribution in [2.75, 3.05) is 19.3 Å². The lowest BCUT2D eigenvalue weighted by atomic mass is 10.1. The van der Waals surface area contributed by atoms with E-state index in [1.54, 1.807) is 0 Å². The average molecular weight is 258 g/mol. The fourth-order valence-electron chi connectivity index (χ4n) is 2.20. The lowest BCUT2D eigenvalue weighted by molar-refractivity contribution is 0.263. The highest BCUT2D eigenvalue weighted by Crippen LogP contribution is 2.20. The fourth-order valence-corrected chi connectivity index (χ4v) is 2.20. The molecular formula is C15H22N4. The van der Waals surface area contributed by atoms with E-state index in [-0.39, 0.29) is 0 Å². The third kappa shape index (κ3) is 3.35. The molecule has 0 fully saturated rings. The standard InChI is InChI=1S/C15H22N4/c1-12(13-5-4-6-14(16)11-13)18(2)10-8-15-7-9-17-19(15)3/h4-7,9,11-12H,8,10,16H2,1-3H3. The van der Waals surface area contributed by atoms with Crippen LogP contribution in [0.2, 0.25) is 0 Å². The Hall–Kier alpha value is -1.81. The van der Waals surface area contributed by atoms with E-state index in [2.05, 4.69) is 36.1 Å². The molecule has 0 saturated carbocycles. The van der Waals surface area contributed by atoms with Crippen LogP contribution in [0.15, 0.2) is 36.5 Å². The maximum Gasteiger partial charge on any atom is 0.0492 e. The molecule has 4 nitrogen and oxygen atoms in total. The lowest BCUT2D eigenvalue weighted by Crippen LogP contribution is -2.25. The van der Waals surface area contributed by atoms with Gasteiger partial charge in [0.2, 0.25) is 0 Å². The SMILES string of the molecule is CC(c1cccc(N)c1)N(C)CCc1ccnn1C. The van der Waals surface area contributed by atoms with Crippen molar-refractivity contribution in [2.24, 2.45) is 7.05 Å². The molecule has 0 saturated heterocycles. The number of nitrogens with zero attached hydrogens (tertiary/aromatic N) is 3. The number of aromatic nitrogens is 2. The van der Waals surface area contributed by atoms with Crippen LogP contribution in [0.4, 0.5) is 5.69 Å². The van der Waals surface area contributed by atoms with Crippen molar-refractivity contribution in [2.45, 2.75) is 19.4 Å². The zero-order valence-electron chi connectivity index (χ0n) is 11.9. The fraction of sp³-hybridized carbons (Fsp3) is 0.400. The summed E-state index contributed by atoms with van der Waals surface area (Å²) in [6.45, 7) is 3.20. The number of rotatable bonds is 5. The van der Waals surface area contributed by atoms with Crippen LogP contribution < -0.4 is 5.73 Å². The molecule has 19 heavy (non-hydrogen) atoms. The summed E-state index contributed by atoms with van der Waals surface area (Å²) < 4.78 is 1.93. The Morgan fingerprint density at radius 1 is 1.37 bits per heavy atom. The normalized spacial score (nSPS) is 12.8. The topological polar surface area (TPSA) is 47.1 Å². The first kappa shape index (κ1) is 13.6. The second-order valence-electron chi connectivity index (χ2n) is 5.02. The molecule has 1 aromatic carbocycles. The summed E-state index contributed by atoms with van der Waals surface area (Å²) in [6.07, 6.45) is 2.84. The van der Waals surface area contributed by atoms with Crippen molar-refractivity contribution in [3.63, 3.8) is 0 Å². The van der Waals surface area contributed by atoms with Crippen LogP contribution in [0, 0.1) is 0 Å². The summed E-state index contributed by atoms with van der Waals surface area (Å²) in [6, 6.07) is 10.5. The molecule has 2 aromatic rings. The zero-order valence-corrected chi connectivity index (χ0v) is 11.9. The van der Waals surface area contributed by atoms with Crippen LogP contribution in [0.1, 0.15) is 24.2 Å². The summed E-state index contributed by atoms with van der Waals surface area (Å²) in [5, 5.41) is 4.19. The minimum absolute atomic E-state index is 0.358. The van der Waals surface area contributed by atoms with E-state index < -0.39 is 0 Å². The smallest absolute Gasteiger partial charge is 0.0492 e. The predicted molar refractivity (Wildman–Crippen MR) is 78.8 cm³/mol. The van der Waals surface area contributed by atoms with Gasteiger partial charge in [-0.2, -0.15) is 5.10 Å². The van der Waals surface area contributed by atoms with Crippen molar-refractivity contribution in [1.82, 2.24) is 14.7 Å². The highest BCUT2D eigenvalue weighted by Gasteiger charge is 2.12. The van der Waals surface area contributed by atoms with Crippen molar-refractivity contribution in [3.8, 4) is 0 Å². The molecule has 0 aliphatic carbocycles. The predicted octanol–water partition coefficient (Wildman–Crippen LogP) is 2.24. The van der Waals surface area contributed by atoms with Crippen molar-refractivity contribution >= 4 is 5.69 Å². The van der Waals surface area contributed by atoms with Gasteiger partial charge in [0.05, 0.1) is 0 Å². The van der Waals surface area contributed by atoms with Gasteiger partial charge in [0.1, 0.15) is 0 Å². The van der Waals surface area contributed by atoms with Gasteiger partial charge < -0.3 is 5.73 Å². The van der Waals surface area contributed by atoms with E-state index in [0.29, 0.717) is 6.04 Å². The Labute approximate surface area is 114 Å². The number of hydrogen-bond donors (Lipinski definition) is 1. The number of hydrogen-bond acceptors (Lipinski definition) is 3. The Bertz CT molecular complexity index is 532. The minimum Gasteiger partial charge on any atom is -0.399 e. The molecule has 2 N–H and O–H groups in total. The van der Waals surface area contributed by atoms with Crippen LogP contribution in [-0.4, -0.2) is 28.3 Å². The van der Waals surface area contributed by atoms with Gasteiger partial charge >= 0.3 is 0 Å². The Morgan fingerprint density at radius 3 is 2.79 bits per heavy atom. The van der Waals surface area contributed by atoms with E-state index in [4.69, 9.17) is 5.73 Å². The van der Waals surface area contributed by atoms with Crippen LogP contribution in [0.5, 0.6) is 0 Å². The number of benzene rings is 1. The van der Waals surface area contributed by atoms with Gasteiger partial charge in [-0.1, -0.05) is 12.1 Å². The van der Waals surface area contributed by atoms with Crippen LogP contribution >= 0.6 is 0 Å². The second kappa shape index (κ2) is 5.89. The summed E-state index contributed by atoms with van der Waals surface area (Å²) >= 11 is 0. The second-order valence-corrected chi connectivity index (χ2v) is 5.02. The summed E-state index contributed by atoms with van der Waals surface area (Å²) in [5.41, 5.74) is 9.17. The van der Waals surface area contributed by atoms with E-state index >= 15 is 0 Å². The average Bonchev–Trinajstić information content (AvgIpc) is 2.80. The zero-order chi connectivity index (χ0) is 13.8. The van der Waals surface area contributed by atoms with Gasteiger partial charge in [-0.3, -0.25) is 9.58 Å². The van der Waals surface area contributed by atoms with E-state index in [0.717, 1.165) is 18.7 Å². The van der Waals surface area contributed by atoms with Crippen molar-refractivity contribution in [1.29, 1.82) is 0 Å². The number of nitrogens with two attached hydrogens (primary N) is 1. The lowest BCUT2D eigenvalue weighted by Gasteiger charge is -2.25. The molecule has 0 radical (unpaired) electrons.